The van der Waals surface area contributed by atoms with Gasteiger partial charge in [-0.2, -0.15) is 0 Å². The molecule has 0 radical (unpaired) electrons. The molecule has 1 aliphatic rings. The summed E-state index contributed by atoms with van der Waals surface area (Å²) in [6.45, 7) is 2.22. The Hall–Kier alpha value is -2.86. The van der Waals surface area contributed by atoms with Gasteiger partial charge in [-0.1, -0.05) is 42.5 Å². The topological polar surface area (TPSA) is 84.9 Å². The second kappa shape index (κ2) is 8.44. The molecular weight excluding hydrogens is 358 g/mol. The number of hydrogen-bond donors (Lipinski definition) is 2. The van der Waals surface area contributed by atoms with E-state index < -0.39 is 17.6 Å². The van der Waals surface area contributed by atoms with Crippen LogP contribution in [0.15, 0.2) is 48.5 Å². The van der Waals surface area contributed by atoms with Crippen molar-refractivity contribution in [3.8, 4) is 16.9 Å². The lowest BCUT2D eigenvalue weighted by Crippen LogP contribution is -2.51. The lowest BCUT2D eigenvalue weighted by molar-refractivity contribution is -0.147. The van der Waals surface area contributed by atoms with Crippen LogP contribution < -0.4 is 10.1 Å². The number of rotatable bonds is 7. The molecule has 2 aromatic carbocycles. The summed E-state index contributed by atoms with van der Waals surface area (Å²) in [7, 11) is 1.63. The van der Waals surface area contributed by atoms with Gasteiger partial charge in [-0.3, -0.25) is 4.79 Å². The van der Waals surface area contributed by atoms with E-state index in [-0.39, 0.29) is 12.3 Å². The summed E-state index contributed by atoms with van der Waals surface area (Å²) in [5, 5.41) is 12.2. The largest absolute Gasteiger partial charge is 0.496 e. The smallest absolute Gasteiger partial charge is 0.326 e. The fourth-order valence-corrected chi connectivity index (χ4v) is 3.41. The molecule has 0 saturated carbocycles. The molecular formula is C22H25NO5. The molecule has 1 heterocycles. The lowest BCUT2D eigenvalue weighted by atomic mass is 9.98. The molecule has 0 spiro atoms. The van der Waals surface area contributed by atoms with Crippen LogP contribution in [0.2, 0.25) is 0 Å². The number of carbonyl (C=O) groups is 2. The maximum Gasteiger partial charge on any atom is 0.326 e. The van der Waals surface area contributed by atoms with E-state index in [9.17, 15) is 14.7 Å². The number of methoxy groups -OCH3 is 1. The highest BCUT2D eigenvalue weighted by Gasteiger charge is 2.39. The van der Waals surface area contributed by atoms with Crippen molar-refractivity contribution in [2.24, 2.45) is 0 Å². The van der Waals surface area contributed by atoms with Crippen LogP contribution in [0.4, 0.5) is 0 Å². The molecule has 0 aromatic heterocycles. The normalized spacial score (nSPS) is 19.8. The zero-order valence-electron chi connectivity index (χ0n) is 16.1. The number of carboxylic acid groups (broad SMARTS) is 1. The Morgan fingerprint density at radius 2 is 1.93 bits per heavy atom. The van der Waals surface area contributed by atoms with Gasteiger partial charge >= 0.3 is 5.97 Å². The summed E-state index contributed by atoms with van der Waals surface area (Å²) in [6, 6.07) is 14.3. The van der Waals surface area contributed by atoms with Crippen molar-refractivity contribution in [2.45, 2.75) is 37.8 Å². The number of benzene rings is 2. The quantitative estimate of drug-likeness (QED) is 0.768. The first-order valence-electron chi connectivity index (χ1n) is 9.33. The molecule has 0 aliphatic carbocycles. The third kappa shape index (κ3) is 4.34. The number of para-hydroxylation sites is 1. The second-order valence-corrected chi connectivity index (χ2v) is 7.15. The zero-order chi connectivity index (χ0) is 20.1. The highest BCUT2D eigenvalue weighted by atomic mass is 16.5. The Morgan fingerprint density at radius 1 is 1.21 bits per heavy atom. The van der Waals surface area contributed by atoms with Gasteiger partial charge in [0.1, 0.15) is 17.4 Å². The SMILES string of the molecule is COc1ccccc1-c1ccc(C[C@H](NC(=O)C2(C)CCCO2)C(=O)O)cc1. The molecule has 2 atom stereocenters. The standard InChI is InChI=1S/C22H25NO5/c1-22(12-5-13-28-22)21(26)23-18(20(24)25)14-15-8-10-16(11-9-15)17-6-3-4-7-19(17)27-2/h3-4,6-11,18H,5,12-14H2,1-2H3,(H,23,26)(H,24,25)/t18-,22?/m0/s1. The van der Waals surface area contributed by atoms with Crippen LogP contribution in [0.1, 0.15) is 25.3 Å². The van der Waals surface area contributed by atoms with E-state index in [4.69, 9.17) is 9.47 Å². The van der Waals surface area contributed by atoms with Crippen molar-refractivity contribution in [3.05, 3.63) is 54.1 Å². The number of aliphatic carboxylic acids is 1. The lowest BCUT2D eigenvalue weighted by Gasteiger charge is -2.24. The van der Waals surface area contributed by atoms with E-state index in [2.05, 4.69) is 5.32 Å². The molecule has 2 aromatic rings. The van der Waals surface area contributed by atoms with Crippen molar-refractivity contribution in [1.29, 1.82) is 0 Å². The molecule has 1 unspecified atom stereocenters. The minimum atomic E-state index is -1.07. The average molecular weight is 383 g/mol. The predicted molar refractivity (Wildman–Crippen MR) is 105 cm³/mol. The van der Waals surface area contributed by atoms with Gasteiger partial charge in [-0.25, -0.2) is 4.79 Å². The van der Waals surface area contributed by atoms with E-state index in [1.165, 1.54) is 0 Å². The van der Waals surface area contributed by atoms with Crippen LogP contribution in [-0.4, -0.2) is 42.3 Å². The number of carbonyl (C=O) groups excluding carboxylic acids is 1. The first-order chi connectivity index (χ1) is 13.4. The fourth-order valence-electron chi connectivity index (χ4n) is 3.41. The Balaban J connectivity index is 1.72. The van der Waals surface area contributed by atoms with Crippen molar-refractivity contribution < 1.29 is 24.2 Å². The molecule has 2 N–H and O–H groups in total. The first-order valence-corrected chi connectivity index (χ1v) is 9.33. The number of amides is 1. The molecule has 28 heavy (non-hydrogen) atoms. The number of nitrogens with one attached hydrogen (secondary N) is 1. The molecule has 1 aliphatic heterocycles. The summed E-state index contributed by atoms with van der Waals surface area (Å²) in [5.74, 6) is -0.664. The van der Waals surface area contributed by atoms with Crippen LogP contribution in [0.25, 0.3) is 11.1 Å². The van der Waals surface area contributed by atoms with E-state index in [1.54, 1.807) is 14.0 Å². The van der Waals surface area contributed by atoms with Gasteiger partial charge in [0, 0.05) is 18.6 Å². The summed E-state index contributed by atoms with van der Waals surface area (Å²) in [5.41, 5.74) is 1.82. The first kappa shape index (κ1) is 19.9. The Kier molecular flexibility index (Phi) is 5.99. The van der Waals surface area contributed by atoms with E-state index in [0.29, 0.717) is 13.0 Å². The van der Waals surface area contributed by atoms with Gasteiger partial charge in [0.05, 0.1) is 7.11 Å². The van der Waals surface area contributed by atoms with Crippen LogP contribution in [0, 0.1) is 0 Å². The highest BCUT2D eigenvalue weighted by molar-refractivity contribution is 5.89. The third-order valence-corrected chi connectivity index (χ3v) is 5.11. The second-order valence-electron chi connectivity index (χ2n) is 7.15. The van der Waals surface area contributed by atoms with E-state index in [1.807, 2.05) is 48.5 Å². The van der Waals surface area contributed by atoms with Crippen molar-refractivity contribution >= 4 is 11.9 Å². The number of ether oxygens (including phenoxy) is 2. The molecule has 1 fully saturated rings. The molecule has 3 rings (SSSR count). The molecule has 0 bridgehead atoms. The minimum absolute atomic E-state index is 0.198. The average Bonchev–Trinajstić information content (AvgIpc) is 3.16. The van der Waals surface area contributed by atoms with Gasteiger partial charge in [0.25, 0.3) is 5.91 Å². The summed E-state index contributed by atoms with van der Waals surface area (Å²) < 4.78 is 10.9. The maximum absolute atomic E-state index is 12.5. The molecule has 1 amide bonds. The Bertz CT molecular complexity index is 840. The molecule has 148 valence electrons. The minimum Gasteiger partial charge on any atom is -0.496 e. The molecule has 6 heteroatoms. The van der Waals surface area contributed by atoms with E-state index >= 15 is 0 Å². The van der Waals surface area contributed by atoms with Gasteiger partial charge in [-0.15, -0.1) is 0 Å². The zero-order valence-corrected chi connectivity index (χ0v) is 16.1. The van der Waals surface area contributed by atoms with Crippen molar-refractivity contribution in [2.75, 3.05) is 13.7 Å². The van der Waals surface area contributed by atoms with Gasteiger partial charge in [-0.05, 0) is 37.0 Å². The van der Waals surface area contributed by atoms with Crippen LogP contribution in [-0.2, 0) is 20.7 Å². The van der Waals surface area contributed by atoms with Gasteiger partial charge < -0.3 is 19.9 Å². The number of carboxylic acids is 1. The van der Waals surface area contributed by atoms with Crippen molar-refractivity contribution in [3.63, 3.8) is 0 Å². The fraction of sp³-hybridized carbons (Fsp3) is 0.364. The molecule has 1 saturated heterocycles. The Morgan fingerprint density at radius 3 is 2.54 bits per heavy atom. The maximum atomic E-state index is 12.5. The predicted octanol–water partition coefficient (Wildman–Crippen LogP) is 3.04. The Labute approximate surface area is 164 Å². The van der Waals surface area contributed by atoms with Crippen LogP contribution in [0.5, 0.6) is 5.75 Å². The summed E-state index contributed by atoms with van der Waals surface area (Å²) in [4.78, 5) is 24.1. The highest BCUT2D eigenvalue weighted by Crippen LogP contribution is 2.30. The third-order valence-electron chi connectivity index (χ3n) is 5.11. The summed E-state index contributed by atoms with van der Waals surface area (Å²) in [6.07, 6.45) is 1.59. The van der Waals surface area contributed by atoms with Crippen molar-refractivity contribution in [1.82, 2.24) is 5.32 Å². The van der Waals surface area contributed by atoms with E-state index in [0.717, 1.165) is 28.9 Å². The van der Waals surface area contributed by atoms with Gasteiger partial charge in [0.15, 0.2) is 0 Å². The van der Waals surface area contributed by atoms with Crippen LogP contribution >= 0.6 is 0 Å². The molecule has 6 nitrogen and oxygen atoms in total. The van der Waals surface area contributed by atoms with Crippen LogP contribution in [0.3, 0.4) is 0 Å². The van der Waals surface area contributed by atoms with Gasteiger partial charge in [0.2, 0.25) is 0 Å². The summed E-state index contributed by atoms with van der Waals surface area (Å²) >= 11 is 0. The monoisotopic (exact) mass is 383 g/mol. The number of hydrogen-bond acceptors (Lipinski definition) is 4.